The number of halogens is 1. The Hall–Kier alpha value is -1.21. The van der Waals surface area contributed by atoms with Crippen LogP contribution in [0.1, 0.15) is 12.0 Å². The molecule has 1 unspecified atom stereocenters. The van der Waals surface area contributed by atoms with Crippen molar-refractivity contribution in [3.63, 3.8) is 0 Å². The summed E-state index contributed by atoms with van der Waals surface area (Å²) in [5, 5.41) is 14.6. The Balaban J connectivity index is 1.83. The van der Waals surface area contributed by atoms with Gasteiger partial charge in [0.1, 0.15) is 23.0 Å². The second-order valence-corrected chi connectivity index (χ2v) is 6.19. The fourth-order valence-corrected chi connectivity index (χ4v) is 3.23. The van der Waals surface area contributed by atoms with Crippen LogP contribution in [0.4, 0.5) is 0 Å². The molecule has 0 spiro atoms. The SMILES string of the molecule is OC(CCOCc1c2ccccc2cc2ccccc12)COI. The molecule has 1 atom stereocenters. The summed E-state index contributed by atoms with van der Waals surface area (Å²) in [6, 6.07) is 19.0. The van der Waals surface area contributed by atoms with Crippen LogP contribution in [0.5, 0.6) is 0 Å². The summed E-state index contributed by atoms with van der Waals surface area (Å²) in [4.78, 5) is 0. The highest BCUT2D eigenvalue weighted by molar-refractivity contribution is 14.1. The van der Waals surface area contributed by atoms with Crippen LogP contribution in [0.3, 0.4) is 0 Å². The monoisotopic (exact) mass is 422 g/mol. The highest BCUT2D eigenvalue weighted by Gasteiger charge is 2.08. The molecule has 3 aromatic carbocycles. The van der Waals surface area contributed by atoms with E-state index in [0.717, 1.165) is 0 Å². The highest BCUT2D eigenvalue weighted by Crippen LogP contribution is 2.29. The van der Waals surface area contributed by atoms with E-state index in [1.54, 1.807) is 23.0 Å². The average molecular weight is 422 g/mol. The van der Waals surface area contributed by atoms with Gasteiger partial charge in [0.25, 0.3) is 0 Å². The summed E-state index contributed by atoms with van der Waals surface area (Å²) in [6.45, 7) is 1.39. The number of hydrogen-bond acceptors (Lipinski definition) is 3. The molecule has 0 aromatic heterocycles. The Morgan fingerprint density at radius 2 is 1.57 bits per heavy atom. The quantitative estimate of drug-likeness (QED) is 0.343. The average Bonchev–Trinajstić information content (AvgIpc) is 2.58. The normalized spacial score (nSPS) is 12.8. The Kier molecular flexibility index (Phi) is 5.83. The van der Waals surface area contributed by atoms with Gasteiger partial charge in [-0.2, -0.15) is 0 Å². The maximum Gasteiger partial charge on any atom is 0.109 e. The number of aliphatic hydroxyl groups excluding tert-OH is 1. The van der Waals surface area contributed by atoms with Gasteiger partial charge in [-0.15, -0.1) is 0 Å². The third-order valence-electron chi connectivity index (χ3n) is 3.98. The van der Waals surface area contributed by atoms with Gasteiger partial charge in [-0.1, -0.05) is 48.5 Å². The number of fused-ring (bicyclic) bond motifs is 2. The zero-order chi connectivity index (χ0) is 16.1. The molecule has 0 amide bonds. The Morgan fingerprint density at radius 1 is 0.957 bits per heavy atom. The predicted octanol–water partition coefficient (Wildman–Crippen LogP) is 4.63. The van der Waals surface area contributed by atoms with Crippen molar-refractivity contribution in [2.45, 2.75) is 19.1 Å². The molecule has 120 valence electrons. The zero-order valence-corrected chi connectivity index (χ0v) is 14.9. The van der Waals surface area contributed by atoms with Crippen LogP contribution in [0.2, 0.25) is 0 Å². The van der Waals surface area contributed by atoms with Gasteiger partial charge in [-0.25, -0.2) is 0 Å². The van der Waals surface area contributed by atoms with Crippen LogP contribution in [-0.2, 0) is 14.4 Å². The summed E-state index contributed by atoms with van der Waals surface area (Å²) < 4.78 is 10.7. The van der Waals surface area contributed by atoms with Crippen LogP contribution in [0.25, 0.3) is 21.5 Å². The lowest BCUT2D eigenvalue weighted by Crippen LogP contribution is -2.15. The van der Waals surface area contributed by atoms with E-state index in [4.69, 9.17) is 7.80 Å². The molecule has 3 nitrogen and oxygen atoms in total. The standard InChI is InChI=1S/C19H19IO3/c20-23-12-16(21)9-10-22-13-19-17-7-3-1-5-14(17)11-15-6-2-4-8-18(15)19/h1-8,11,16,21H,9-10,12-13H2. The van der Waals surface area contributed by atoms with Crippen LogP contribution < -0.4 is 0 Å². The Morgan fingerprint density at radius 3 is 2.17 bits per heavy atom. The number of benzene rings is 3. The summed E-state index contributed by atoms with van der Waals surface area (Å²) in [5.41, 5.74) is 1.21. The van der Waals surface area contributed by atoms with Crippen molar-refractivity contribution in [1.29, 1.82) is 0 Å². The van der Waals surface area contributed by atoms with Gasteiger partial charge in [0.15, 0.2) is 0 Å². The van der Waals surface area contributed by atoms with E-state index < -0.39 is 6.10 Å². The van der Waals surface area contributed by atoms with Crippen LogP contribution in [0.15, 0.2) is 54.6 Å². The van der Waals surface area contributed by atoms with Gasteiger partial charge >= 0.3 is 0 Å². The number of ether oxygens (including phenoxy) is 1. The lowest BCUT2D eigenvalue weighted by molar-refractivity contribution is 0.0589. The smallest absolute Gasteiger partial charge is 0.109 e. The van der Waals surface area contributed by atoms with E-state index >= 15 is 0 Å². The van der Waals surface area contributed by atoms with E-state index in [-0.39, 0.29) is 0 Å². The van der Waals surface area contributed by atoms with Gasteiger partial charge < -0.3 is 12.9 Å². The highest BCUT2D eigenvalue weighted by atomic mass is 127. The summed E-state index contributed by atoms with van der Waals surface area (Å²) >= 11 is 1.79. The molecule has 4 heteroatoms. The molecular formula is C19H19IO3. The third-order valence-corrected chi connectivity index (χ3v) is 4.34. The molecule has 0 heterocycles. The lowest BCUT2D eigenvalue weighted by Gasteiger charge is -2.13. The van der Waals surface area contributed by atoms with Crippen LogP contribution >= 0.6 is 23.0 Å². The minimum absolute atomic E-state index is 0.334. The van der Waals surface area contributed by atoms with Crippen LogP contribution in [0, 0.1) is 0 Å². The molecular weight excluding hydrogens is 403 g/mol. The van der Waals surface area contributed by atoms with Crippen molar-refractivity contribution in [3.8, 4) is 0 Å². The predicted molar refractivity (Wildman–Crippen MR) is 102 cm³/mol. The van der Waals surface area contributed by atoms with Crippen molar-refractivity contribution >= 4 is 44.6 Å². The van der Waals surface area contributed by atoms with E-state index in [1.165, 1.54) is 27.1 Å². The molecule has 23 heavy (non-hydrogen) atoms. The number of hydrogen-bond donors (Lipinski definition) is 1. The van der Waals surface area contributed by atoms with Gasteiger partial charge in [0.2, 0.25) is 0 Å². The molecule has 0 saturated heterocycles. The Labute approximate surface area is 149 Å². The number of rotatable bonds is 7. The van der Waals surface area contributed by atoms with Crippen LogP contribution in [-0.4, -0.2) is 24.4 Å². The molecule has 3 aromatic rings. The molecule has 0 saturated carbocycles. The molecule has 0 aliphatic rings. The summed E-state index contributed by atoms with van der Waals surface area (Å²) in [6.07, 6.45) is 0.0993. The maximum absolute atomic E-state index is 9.68. The molecule has 0 aliphatic heterocycles. The van der Waals surface area contributed by atoms with Gasteiger partial charge in [0.05, 0.1) is 19.3 Å². The summed E-state index contributed by atoms with van der Waals surface area (Å²) in [7, 11) is 0. The minimum Gasteiger partial charge on any atom is -0.391 e. The molecule has 0 radical (unpaired) electrons. The maximum atomic E-state index is 9.68. The molecule has 3 rings (SSSR count). The van der Waals surface area contributed by atoms with Gasteiger partial charge in [-0.3, -0.25) is 0 Å². The van der Waals surface area contributed by atoms with E-state index in [1.807, 2.05) is 0 Å². The van der Waals surface area contributed by atoms with Crippen molar-refractivity contribution in [2.75, 3.05) is 13.2 Å². The first-order valence-corrected chi connectivity index (χ1v) is 8.56. The van der Waals surface area contributed by atoms with Crippen molar-refractivity contribution in [2.24, 2.45) is 0 Å². The lowest BCUT2D eigenvalue weighted by atomic mass is 9.97. The second kappa shape index (κ2) is 8.06. The molecule has 0 fully saturated rings. The fourth-order valence-electron chi connectivity index (χ4n) is 2.81. The molecule has 1 N–H and O–H groups in total. The van der Waals surface area contributed by atoms with Gasteiger partial charge in [0, 0.05) is 6.61 Å². The Bertz CT molecular complexity index is 734. The van der Waals surface area contributed by atoms with Gasteiger partial charge in [-0.05, 0) is 39.6 Å². The van der Waals surface area contributed by atoms with E-state index in [0.29, 0.717) is 26.2 Å². The topological polar surface area (TPSA) is 38.7 Å². The largest absolute Gasteiger partial charge is 0.391 e. The molecule has 0 aliphatic carbocycles. The number of aliphatic hydroxyl groups is 1. The first-order chi connectivity index (χ1) is 11.3. The molecule has 0 bridgehead atoms. The van der Waals surface area contributed by atoms with E-state index in [2.05, 4.69) is 54.6 Å². The fraction of sp³-hybridized carbons (Fsp3) is 0.263. The third kappa shape index (κ3) is 4.01. The minimum atomic E-state index is -0.476. The van der Waals surface area contributed by atoms with E-state index in [9.17, 15) is 5.11 Å². The second-order valence-electron chi connectivity index (χ2n) is 5.57. The van der Waals surface area contributed by atoms with Crippen molar-refractivity contribution < 1.29 is 12.9 Å². The zero-order valence-electron chi connectivity index (χ0n) is 12.7. The first kappa shape index (κ1) is 16.6. The van der Waals surface area contributed by atoms with Crippen molar-refractivity contribution in [3.05, 3.63) is 60.2 Å². The summed E-state index contributed by atoms with van der Waals surface area (Å²) in [5.74, 6) is 0. The first-order valence-electron chi connectivity index (χ1n) is 7.68. The van der Waals surface area contributed by atoms with Crippen molar-refractivity contribution in [1.82, 2.24) is 0 Å².